The van der Waals surface area contributed by atoms with E-state index >= 15 is 0 Å². The van der Waals surface area contributed by atoms with Crippen molar-refractivity contribution in [1.82, 2.24) is 10.3 Å². The van der Waals surface area contributed by atoms with Crippen LogP contribution in [-0.2, 0) is 5.41 Å². The molecule has 0 spiro atoms. The van der Waals surface area contributed by atoms with Gasteiger partial charge in [0, 0.05) is 10.8 Å². The number of halogens is 2. The van der Waals surface area contributed by atoms with Gasteiger partial charge in [-0.25, -0.2) is 9.37 Å². The third kappa shape index (κ3) is 3.90. The number of nitrogens with one attached hydrogen (secondary N) is 1. The van der Waals surface area contributed by atoms with Crippen LogP contribution < -0.4 is 5.32 Å². The fraction of sp³-hybridized carbons (Fsp3) is 0.438. The number of thiazole rings is 1. The molecule has 2 nitrogen and oxygen atoms in total. The Kier molecular flexibility index (Phi) is 5.17. The highest BCUT2D eigenvalue weighted by atomic mass is 79.9. The molecule has 21 heavy (non-hydrogen) atoms. The molecule has 0 aliphatic heterocycles. The summed E-state index contributed by atoms with van der Waals surface area (Å²) in [5.41, 5.74) is 1.99. The van der Waals surface area contributed by atoms with E-state index in [0.29, 0.717) is 4.47 Å². The van der Waals surface area contributed by atoms with E-state index in [-0.39, 0.29) is 17.3 Å². The topological polar surface area (TPSA) is 24.9 Å². The first kappa shape index (κ1) is 16.6. The van der Waals surface area contributed by atoms with E-state index in [2.05, 4.69) is 47.4 Å². The van der Waals surface area contributed by atoms with Crippen molar-refractivity contribution in [2.45, 2.75) is 39.2 Å². The Labute approximate surface area is 137 Å². The summed E-state index contributed by atoms with van der Waals surface area (Å²) in [6, 6.07) is 5.17. The zero-order valence-corrected chi connectivity index (χ0v) is 15.1. The Morgan fingerprint density at radius 1 is 1.38 bits per heavy atom. The molecule has 0 saturated heterocycles. The maximum atomic E-state index is 13.8. The summed E-state index contributed by atoms with van der Waals surface area (Å²) in [7, 11) is 0. The first-order valence-electron chi connectivity index (χ1n) is 6.97. The van der Waals surface area contributed by atoms with Crippen LogP contribution in [-0.4, -0.2) is 11.5 Å². The molecule has 1 aromatic heterocycles. The van der Waals surface area contributed by atoms with Crippen molar-refractivity contribution in [1.29, 1.82) is 0 Å². The van der Waals surface area contributed by atoms with Crippen LogP contribution in [0.4, 0.5) is 4.39 Å². The normalized spacial score (nSPS) is 13.4. The standard InChI is InChI=1S/C16H20BrFN2S/c1-5-19-14(10-6-7-11(17)12(18)8-10)15-20-13(9-21-15)16(2,3)4/h6-9,14,19H,5H2,1-4H3. The highest BCUT2D eigenvalue weighted by Crippen LogP contribution is 2.31. The first-order valence-corrected chi connectivity index (χ1v) is 8.64. The summed E-state index contributed by atoms with van der Waals surface area (Å²) in [6.45, 7) is 9.28. The van der Waals surface area contributed by atoms with E-state index in [1.807, 2.05) is 13.0 Å². The van der Waals surface area contributed by atoms with Crippen molar-refractivity contribution in [2.24, 2.45) is 0 Å². The highest BCUT2D eigenvalue weighted by molar-refractivity contribution is 9.10. The molecule has 0 radical (unpaired) electrons. The Bertz CT molecular complexity index is 619. The third-order valence-electron chi connectivity index (χ3n) is 3.22. The number of benzene rings is 1. The van der Waals surface area contributed by atoms with Gasteiger partial charge in [0.2, 0.25) is 0 Å². The van der Waals surface area contributed by atoms with Crippen molar-refractivity contribution in [3.05, 3.63) is 50.1 Å². The molecule has 114 valence electrons. The minimum Gasteiger partial charge on any atom is -0.305 e. The lowest BCUT2D eigenvalue weighted by molar-refractivity contribution is 0.560. The predicted octanol–water partition coefficient (Wildman–Crippen LogP) is 5.04. The molecular weight excluding hydrogens is 351 g/mol. The average molecular weight is 371 g/mol. The van der Waals surface area contributed by atoms with Crippen LogP contribution in [0.25, 0.3) is 0 Å². The van der Waals surface area contributed by atoms with Crippen molar-refractivity contribution in [3.63, 3.8) is 0 Å². The molecule has 0 amide bonds. The van der Waals surface area contributed by atoms with Gasteiger partial charge in [-0.05, 0) is 40.2 Å². The van der Waals surface area contributed by atoms with E-state index in [0.717, 1.165) is 22.8 Å². The maximum Gasteiger partial charge on any atom is 0.137 e. The monoisotopic (exact) mass is 370 g/mol. The Balaban J connectivity index is 2.38. The predicted molar refractivity (Wildman–Crippen MR) is 90.4 cm³/mol. The van der Waals surface area contributed by atoms with Crippen molar-refractivity contribution in [2.75, 3.05) is 6.54 Å². The summed E-state index contributed by atoms with van der Waals surface area (Å²) < 4.78 is 14.3. The van der Waals surface area contributed by atoms with E-state index in [9.17, 15) is 4.39 Å². The zero-order valence-electron chi connectivity index (χ0n) is 12.7. The van der Waals surface area contributed by atoms with Crippen LogP contribution in [0.2, 0.25) is 0 Å². The maximum absolute atomic E-state index is 13.8. The highest BCUT2D eigenvalue weighted by Gasteiger charge is 2.22. The zero-order chi connectivity index (χ0) is 15.6. The molecule has 2 aromatic rings. The van der Waals surface area contributed by atoms with E-state index < -0.39 is 0 Å². The van der Waals surface area contributed by atoms with Gasteiger partial charge in [-0.2, -0.15) is 0 Å². The summed E-state index contributed by atoms with van der Waals surface area (Å²) in [5.74, 6) is -0.247. The molecule has 0 bridgehead atoms. The molecule has 2 rings (SSSR count). The van der Waals surface area contributed by atoms with Crippen molar-refractivity contribution >= 4 is 27.3 Å². The van der Waals surface area contributed by atoms with Crippen LogP contribution in [0, 0.1) is 5.82 Å². The number of rotatable bonds is 4. The van der Waals surface area contributed by atoms with Gasteiger partial charge < -0.3 is 5.32 Å². The Hall–Kier alpha value is -0.780. The molecule has 1 unspecified atom stereocenters. The number of hydrogen-bond donors (Lipinski definition) is 1. The number of hydrogen-bond acceptors (Lipinski definition) is 3. The van der Waals surface area contributed by atoms with Gasteiger partial charge >= 0.3 is 0 Å². The van der Waals surface area contributed by atoms with E-state index in [1.165, 1.54) is 0 Å². The fourth-order valence-electron chi connectivity index (χ4n) is 2.01. The van der Waals surface area contributed by atoms with Crippen LogP contribution >= 0.6 is 27.3 Å². The lowest BCUT2D eigenvalue weighted by Crippen LogP contribution is -2.22. The Morgan fingerprint density at radius 2 is 2.10 bits per heavy atom. The van der Waals surface area contributed by atoms with Crippen LogP contribution in [0.3, 0.4) is 0 Å². The van der Waals surface area contributed by atoms with Gasteiger partial charge in [-0.15, -0.1) is 11.3 Å². The van der Waals surface area contributed by atoms with Crippen molar-refractivity contribution < 1.29 is 4.39 Å². The number of nitrogens with zero attached hydrogens (tertiary/aromatic N) is 1. The van der Waals surface area contributed by atoms with Crippen LogP contribution in [0.1, 0.15) is 50.0 Å². The second-order valence-corrected chi connectivity index (χ2v) is 7.73. The van der Waals surface area contributed by atoms with Crippen LogP contribution in [0.15, 0.2) is 28.1 Å². The number of aromatic nitrogens is 1. The molecule has 1 N–H and O–H groups in total. The third-order valence-corrected chi connectivity index (χ3v) is 4.78. The average Bonchev–Trinajstić information content (AvgIpc) is 2.89. The molecule has 1 heterocycles. The van der Waals surface area contributed by atoms with Gasteiger partial charge in [-0.1, -0.05) is 33.8 Å². The summed E-state index contributed by atoms with van der Waals surface area (Å²) in [4.78, 5) is 4.75. The largest absolute Gasteiger partial charge is 0.305 e. The van der Waals surface area contributed by atoms with Gasteiger partial charge in [0.05, 0.1) is 16.2 Å². The second kappa shape index (κ2) is 6.55. The lowest BCUT2D eigenvalue weighted by atomic mass is 9.93. The van der Waals surface area contributed by atoms with Gasteiger partial charge in [0.15, 0.2) is 0 Å². The lowest BCUT2D eigenvalue weighted by Gasteiger charge is -2.18. The van der Waals surface area contributed by atoms with Gasteiger partial charge in [0.25, 0.3) is 0 Å². The smallest absolute Gasteiger partial charge is 0.137 e. The minimum absolute atomic E-state index is 0.0243. The molecule has 5 heteroatoms. The van der Waals surface area contributed by atoms with Gasteiger partial charge in [-0.3, -0.25) is 0 Å². The first-order chi connectivity index (χ1) is 9.82. The summed E-state index contributed by atoms with van der Waals surface area (Å²) in [6.07, 6.45) is 0. The van der Waals surface area contributed by atoms with E-state index in [4.69, 9.17) is 4.98 Å². The fourth-order valence-corrected chi connectivity index (χ4v) is 3.40. The van der Waals surface area contributed by atoms with E-state index in [1.54, 1.807) is 23.5 Å². The second-order valence-electron chi connectivity index (χ2n) is 5.99. The molecule has 0 saturated carbocycles. The Morgan fingerprint density at radius 3 is 2.62 bits per heavy atom. The minimum atomic E-state index is -0.247. The SMILES string of the molecule is CCNC(c1ccc(Br)c(F)c1)c1nc(C(C)(C)C)cs1. The van der Waals surface area contributed by atoms with Crippen molar-refractivity contribution in [3.8, 4) is 0 Å². The molecular formula is C16H20BrFN2S. The summed E-state index contributed by atoms with van der Waals surface area (Å²) >= 11 is 4.82. The van der Waals surface area contributed by atoms with Gasteiger partial charge in [0.1, 0.15) is 10.8 Å². The molecule has 0 aliphatic rings. The molecule has 1 aromatic carbocycles. The molecule has 1 atom stereocenters. The molecule has 0 aliphatic carbocycles. The van der Waals surface area contributed by atoms with Crippen LogP contribution in [0.5, 0.6) is 0 Å². The molecule has 0 fully saturated rings. The summed E-state index contributed by atoms with van der Waals surface area (Å²) in [5, 5.41) is 6.46. The quantitative estimate of drug-likeness (QED) is 0.814.